The molecule has 0 bridgehead atoms. The number of rotatable bonds is 1. The number of benzene rings is 1. The molecule has 0 aliphatic rings. The Balaban J connectivity index is -0.000000125. The van der Waals surface area contributed by atoms with Crippen LogP contribution in [0.5, 0.6) is 0 Å². The topological polar surface area (TPSA) is 169 Å². The molecule has 0 radical (unpaired) electrons. The van der Waals surface area contributed by atoms with Crippen molar-refractivity contribution in [2.45, 2.75) is 0 Å². The van der Waals surface area contributed by atoms with Crippen LogP contribution in [0.15, 0.2) is 24.3 Å². The molecule has 0 heterocycles. The SMILES string of the molecule is NC(=O)c1ccc(Cl)cc1.O.O.O.O. The van der Waals surface area contributed by atoms with Crippen LogP contribution in [-0.2, 0) is 0 Å². The summed E-state index contributed by atoms with van der Waals surface area (Å²) < 4.78 is 0. The zero-order chi connectivity index (χ0) is 7.56. The smallest absolute Gasteiger partial charge is 0.248 e. The molecule has 0 aliphatic carbocycles. The normalized spacial score (nSPS) is 6.64. The van der Waals surface area contributed by atoms with Gasteiger partial charge in [-0.3, -0.25) is 4.79 Å². The van der Waals surface area contributed by atoms with Crippen LogP contribution in [0.25, 0.3) is 0 Å². The predicted molar refractivity (Wildman–Crippen MR) is 54.4 cm³/mol. The minimum atomic E-state index is -0.434. The van der Waals surface area contributed by atoms with Crippen molar-refractivity contribution in [2.24, 2.45) is 5.73 Å². The van der Waals surface area contributed by atoms with Gasteiger partial charge in [-0.15, -0.1) is 0 Å². The van der Waals surface area contributed by atoms with Gasteiger partial charge in [0.15, 0.2) is 0 Å². The second-order valence-electron chi connectivity index (χ2n) is 1.87. The first kappa shape index (κ1) is 23.0. The van der Waals surface area contributed by atoms with Crippen LogP contribution < -0.4 is 5.73 Å². The first-order chi connectivity index (χ1) is 4.70. The van der Waals surface area contributed by atoms with E-state index >= 15 is 0 Å². The monoisotopic (exact) mass is 227 g/mol. The molecule has 0 fully saturated rings. The lowest BCUT2D eigenvalue weighted by molar-refractivity contribution is 0.100. The lowest BCUT2D eigenvalue weighted by Crippen LogP contribution is -2.10. The minimum absolute atomic E-state index is 0. The summed E-state index contributed by atoms with van der Waals surface area (Å²) in [4.78, 5) is 10.5. The Hall–Kier alpha value is -1.18. The lowest BCUT2D eigenvalue weighted by atomic mass is 10.2. The van der Waals surface area contributed by atoms with Gasteiger partial charge in [-0.05, 0) is 24.3 Å². The van der Waals surface area contributed by atoms with E-state index in [9.17, 15) is 4.79 Å². The number of halogens is 1. The highest BCUT2D eigenvalue weighted by molar-refractivity contribution is 6.30. The number of primary amides is 1. The molecule has 14 heavy (non-hydrogen) atoms. The third-order valence-corrected chi connectivity index (χ3v) is 1.38. The van der Waals surface area contributed by atoms with Crippen LogP contribution in [0, 0.1) is 0 Å². The zero-order valence-electron chi connectivity index (χ0n) is 7.17. The van der Waals surface area contributed by atoms with Crippen molar-refractivity contribution in [2.75, 3.05) is 0 Å². The van der Waals surface area contributed by atoms with E-state index in [1.807, 2.05) is 0 Å². The van der Waals surface area contributed by atoms with E-state index in [2.05, 4.69) is 0 Å². The molecule has 1 aromatic carbocycles. The molecule has 0 aliphatic heterocycles. The van der Waals surface area contributed by atoms with Gasteiger partial charge in [0.25, 0.3) is 0 Å². The fraction of sp³-hybridized carbons (Fsp3) is 0. The molecule has 7 heteroatoms. The molecule has 0 saturated heterocycles. The average molecular weight is 228 g/mol. The summed E-state index contributed by atoms with van der Waals surface area (Å²) in [5, 5.41) is 0.602. The first-order valence-electron chi connectivity index (χ1n) is 2.75. The molecular formula is C7H14ClNO5. The van der Waals surface area contributed by atoms with Crippen LogP contribution >= 0.6 is 11.6 Å². The zero-order valence-corrected chi connectivity index (χ0v) is 7.93. The molecule has 1 amide bonds. The fourth-order valence-corrected chi connectivity index (χ4v) is 0.740. The summed E-state index contributed by atoms with van der Waals surface area (Å²) >= 11 is 5.56. The number of carbonyl (C=O) groups is 1. The molecule has 1 aromatic rings. The maximum atomic E-state index is 10.5. The van der Waals surface area contributed by atoms with E-state index in [1.54, 1.807) is 24.3 Å². The lowest BCUT2D eigenvalue weighted by Gasteiger charge is -1.92. The van der Waals surface area contributed by atoms with Crippen molar-refractivity contribution in [1.29, 1.82) is 0 Å². The molecular weight excluding hydrogens is 214 g/mol. The Bertz CT molecular complexity index is 251. The molecule has 0 unspecified atom stereocenters. The van der Waals surface area contributed by atoms with Crippen molar-refractivity contribution in [3.8, 4) is 0 Å². The van der Waals surface area contributed by atoms with Crippen LogP contribution in [-0.4, -0.2) is 27.8 Å². The highest BCUT2D eigenvalue weighted by Gasteiger charge is 1.96. The van der Waals surface area contributed by atoms with Gasteiger partial charge in [0, 0.05) is 10.6 Å². The van der Waals surface area contributed by atoms with E-state index < -0.39 is 5.91 Å². The number of hydrogen-bond donors (Lipinski definition) is 1. The summed E-state index contributed by atoms with van der Waals surface area (Å²) in [6.45, 7) is 0. The van der Waals surface area contributed by atoms with Gasteiger partial charge in [-0.2, -0.15) is 0 Å². The van der Waals surface area contributed by atoms with E-state index in [-0.39, 0.29) is 21.9 Å². The van der Waals surface area contributed by atoms with E-state index in [0.29, 0.717) is 10.6 Å². The summed E-state index contributed by atoms with van der Waals surface area (Å²) in [6.07, 6.45) is 0. The second kappa shape index (κ2) is 9.90. The Morgan fingerprint density at radius 2 is 1.36 bits per heavy atom. The maximum Gasteiger partial charge on any atom is 0.248 e. The molecule has 6 nitrogen and oxygen atoms in total. The molecule has 1 rings (SSSR count). The van der Waals surface area contributed by atoms with Crippen molar-refractivity contribution in [1.82, 2.24) is 0 Å². The van der Waals surface area contributed by atoms with Crippen LogP contribution in [0.4, 0.5) is 0 Å². The molecule has 0 atom stereocenters. The number of amides is 1. The van der Waals surface area contributed by atoms with Gasteiger partial charge in [-0.1, -0.05) is 11.6 Å². The largest absolute Gasteiger partial charge is 0.412 e. The summed E-state index contributed by atoms with van der Waals surface area (Å²) in [5.41, 5.74) is 5.46. The van der Waals surface area contributed by atoms with Gasteiger partial charge in [0.1, 0.15) is 0 Å². The highest BCUT2D eigenvalue weighted by Crippen LogP contribution is 2.08. The van der Waals surface area contributed by atoms with E-state index in [4.69, 9.17) is 17.3 Å². The Morgan fingerprint density at radius 1 is 1.00 bits per heavy atom. The Kier molecular flexibility index (Phi) is 16.3. The Morgan fingerprint density at radius 3 is 1.64 bits per heavy atom. The number of nitrogens with two attached hydrogens (primary N) is 1. The second-order valence-corrected chi connectivity index (χ2v) is 2.31. The van der Waals surface area contributed by atoms with Crippen LogP contribution in [0.1, 0.15) is 10.4 Å². The standard InChI is InChI=1S/C7H6ClNO.4H2O/c8-6-3-1-5(2-4-6)7(9)10;;;;/h1-4H,(H2,9,10);4*1H2. The third-order valence-electron chi connectivity index (χ3n) is 1.13. The maximum absolute atomic E-state index is 10.5. The van der Waals surface area contributed by atoms with Crippen LogP contribution in [0.2, 0.25) is 5.02 Å². The van der Waals surface area contributed by atoms with Gasteiger partial charge in [-0.25, -0.2) is 0 Å². The van der Waals surface area contributed by atoms with Crippen molar-refractivity contribution in [3.63, 3.8) is 0 Å². The van der Waals surface area contributed by atoms with Gasteiger partial charge < -0.3 is 27.6 Å². The average Bonchev–Trinajstić information content (AvgIpc) is 1.88. The van der Waals surface area contributed by atoms with Crippen molar-refractivity contribution < 1.29 is 26.7 Å². The molecule has 0 aromatic heterocycles. The third kappa shape index (κ3) is 6.35. The fourth-order valence-electron chi connectivity index (χ4n) is 0.614. The molecule has 0 saturated carbocycles. The highest BCUT2D eigenvalue weighted by atomic mass is 35.5. The van der Waals surface area contributed by atoms with Crippen LogP contribution in [0.3, 0.4) is 0 Å². The molecule has 10 N–H and O–H groups in total. The minimum Gasteiger partial charge on any atom is -0.412 e. The summed E-state index contributed by atoms with van der Waals surface area (Å²) in [5.74, 6) is -0.434. The predicted octanol–water partition coefficient (Wildman–Crippen LogP) is -1.86. The van der Waals surface area contributed by atoms with Gasteiger partial charge in [0.05, 0.1) is 0 Å². The summed E-state index contributed by atoms with van der Waals surface area (Å²) in [6, 6.07) is 6.43. The number of carbonyl (C=O) groups excluding carboxylic acids is 1. The van der Waals surface area contributed by atoms with E-state index in [0.717, 1.165) is 0 Å². The van der Waals surface area contributed by atoms with Crippen molar-refractivity contribution in [3.05, 3.63) is 34.9 Å². The Labute approximate surface area is 85.5 Å². The quantitative estimate of drug-likeness (QED) is 0.583. The van der Waals surface area contributed by atoms with Gasteiger partial charge >= 0.3 is 0 Å². The number of hydrogen-bond acceptors (Lipinski definition) is 1. The van der Waals surface area contributed by atoms with Gasteiger partial charge in [0.2, 0.25) is 5.91 Å². The first-order valence-corrected chi connectivity index (χ1v) is 3.13. The van der Waals surface area contributed by atoms with Crippen molar-refractivity contribution >= 4 is 17.5 Å². The molecule has 0 spiro atoms. The summed E-state index contributed by atoms with van der Waals surface area (Å²) in [7, 11) is 0. The van der Waals surface area contributed by atoms with E-state index in [1.165, 1.54) is 0 Å². The molecule has 84 valence electrons.